The minimum atomic E-state index is -4.06. The maximum atomic E-state index is 12.6. The number of rotatable bonds is 5. The molecule has 0 bridgehead atoms. The van der Waals surface area contributed by atoms with Crippen molar-refractivity contribution in [1.29, 1.82) is 5.41 Å². The number of aryl methyl sites for hydroxylation is 1. The van der Waals surface area contributed by atoms with E-state index in [0.29, 0.717) is 15.8 Å². The van der Waals surface area contributed by atoms with Crippen molar-refractivity contribution in [2.75, 3.05) is 7.11 Å². The van der Waals surface area contributed by atoms with Crippen molar-refractivity contribution in [3.05, 3.63) is 59.2 Å². The molecule has 2 aromatic rings. The Balaban J connectivity index is 1.64. The Bertz CT molecular complexity index is 1330. The number of benzene rings is 2. The molecule has 164 valence electrons. The number of hydrazone groups is 1. The number of thioether (sulfide) groups is 1. The fourth-order valence-electron chi connectivity index (χ4n) is 2.97. The van der Waals surface area contributed by atoms with Crippen molar-refractivity contribution in [1.82, 2.24) is 5.01 Å². The van der Waals surface area contributed by atoms with E-state index in [9.17, 15) is 13.2 Å². The van der Waals surface area contributed by atoms with E-state index < -0.39 is 16.0 Å². The monoisotopic (exact) mass is 470 g/mol. The number of nitrogens with one attached hydrogen (secondary N) is 1. The van der Waals surface area contributed by atoms with Crippen LogP contribution in [0.2, 0.25) is 0 Å². The predicted molar refractivity (Wildman–Crippen MR) is 123 cm³/mol. The molecule has 2 heterocycles. The zero-order chi connectivity index (χ0) is 23.0. The summed E-state index contributed by atoms with van der Waals surface area (Å²) in [5.41, 5.74) is 1.48. The molecule has 1 amide bonds. The molecule has 0 aromatic heterocycles. The number of hydrogen-bond donors (Lipinski definition) is 1. The molecule has 0 aliphatic carbocycles. The van der Waals surface area contributed by atoms with Gasteiger partial charge in [-0.3, -0.25) is 10.2 Å². The van der Waals surface area contributed by atoms with E-state index in [1.165, 1.54) is 54.2 Å². The summed E-state index contributed by atoms with van der Waals surface area (Å²) in [6, 6.07) is 10.8. The molecular formula is C21H18N4O5S2. The smallest absolute Gasteiger partial charge is 0.339 e. The van der Waals surface area contributed by atoms with Crippen LogP contribution in [0.4, 0.5) is 0 Å². The second-order valence-corrected chi connectivity index (χ2v) is 9.61. The van der Waals surface area contributed by atoms with Gasteiger partial charge >= 0.3 is 10.1 Å². The van der Waals surface area contributed by atoms with Crippen LogP contribution in [-0.4, -0.2) is 42.5 Å². The van der Waals surface area contributed by atoms with E-state index in [1.54, 1.807) is 25.1 Å². The molecule has 2 aliphatic rings. The van der Waals surface area contributed by atoms with Crippen LogP contribution < -0.4 is 8.92 Å². The standard InChI is InChI=1S/C21H18N4O5S2/c1-12-4-7-15(8-5-12)32(27,28)30-17-9-6-14(11-18(17)29-3)10-16-19(22)25-21(23-20(16)26)31-13(2)24-25/h4-11,22H,1-3H3/b16-10+,22-19?. The van der Waals surface area contributed by atoms with E-state index in [2.05, 4.69) is 10.1 Å². The van der Waals surface area contributed by atoms with Gasteiger partial charge < -0.3 is 8.92 Å². The molecule has 0 saturated carbocycles. The van der Waals surface area contributed by atoms with Crippen molar-refractivity contribution in [2.24, 2.45) is 10.1 Å². The van der Waals surface area contributed by atoms with Gasteiger partial charge in [-0.1, -0.05) is 23.8 Å². The normalized spacial score (nSPS) is 17.2. The van der Waals surface area contributed by atoms with Gasteiger partial charge in [0.1, 0.15) is 4.90 Å². The van der Waals surface area contributed by atoms with Crippen LogP contribution in [0.5, 0.6) is 11.5 Å². The first kappa shape index (κ1) is 21.8. The van der Waals surface area contributed by atoms with Gasteiger partial charge in [0.05, 0.1) is 17.7 Å². The van der Waals surface area contributed by atoms with Crippen LogP contribution in [-0.2, 0) is 14.9 Å². The van der Waals surface area contributed by atoms with Crippen LogP contribution in [0, 0.1) is 12.3 Å². The number of hydrogen-bond acceptors (Lipinski definition) is 8. The van der Waals surface area contributed by atoms with E-state index in [4.69, 9.17) is 14.3 Å². The maximum Gasteiger partial charge on any atom is 0.339 e. The van der Waals surface area contributed by atoms with Gasteiger partial charge in [0.25, 0.3) is 5.91 Å². The number of aliphatic imine (C=N–C) groups is 1. The second kappa shape index (κ2) is 8.24. The first-order chi connectivity index (χ1) is 15.2. The molecule has 9 nitrogen and oxygen atoms in total. The van der Waals surface area contributed by atoms with Crippen LogP contribution >= 0.6 is 11.8 Å². The Labute approximate surface area is 189 Å². The number of ether oxygens (including phenoxy) is 1. The van der Waals surface area contributed by atoms with E-state index in [0.717, 1.165) is 5.56 Å². The summed E-state index contributed by atoms with van der Waals surface area (Å²) in [4.78, 5) is 16.4. The van der Waals surface area contributed by atoms with E-state index >= 15 is 0 Å². The third-order valence-corrected chi connectivity index (χ3v) is 6.64. The highest BCUT2D eigenvalue weighted by Crippen LogP contribution is 2.33. The highest BCUT2D eigenvalue weighted by Gasteiger charge is 2.34. The van der Waals surface area contributed by atoms with Crippen molar-refractivity contribution in [2.45, 2.75) is 18.7 Å². The molecule has 32 heavy (non-hydrogen) atoms. The highest BCUT2D eigenvalue weighted by atomic mass is 32.2. The Morgan fingerprint density at radius 3 is 2.50 bits per heavy atom. The molecule has 11 heteroatoms. The summed E-state index contributed by atoms with van der Waals surface area (Å²) < 4.78 is 35.8. The lowest BCUT2D eigenvalue weighted by Gasteiger charge is -2.20. The summed E-state index contributed by atoms with van der Waals surface area (Å²) in [6.07, 6.45) is 1.47. The Hall–Kier alpha value is -3.44. The largest absolute Gasteiger partial charge is 0.493 e. The maximum absolute atomic E-state index is 12.6. The molecule has 1 N–H and O–H groups in total. The lowest BCUT2D eigenvalue weighted by Crippen LogP contribution is -2.35. The van der Waals surface area contributed by atoms with Crippen molar-refractivity contribution < 1.29 is 22.1 Å². The van der Waals surface area contributed by atoms with E-state index in [1.807, 2.05) is 6.92 Å². The zero-order valence-electron chi connectivity index (χ0n) is 17.3. The molecule has 0 unspecified atom stereocenters. The van der Waals surface area contributed by atoms with Crippen molar-refractivity contribution >= 4 is 49.9 Å². The number of amidine groups is 2. The van der Waals surface area contributed by atoms with Gasteiger partial charge in [0.15, 0.2) is 17.3 Å². The minimum Gasteiger partial charge on any atom is -0.493 e. The fraction of sp³-hybridized carbons (Fsp3) is 0.143. The summed E-state index contributed by atoms with van der Waals surface area (Å²) in [6.45, 7) is 3.62. The molecule has 0 atom stereocenters. The average Bonchev–Trinajstić information content (AvgIpc) is 3.12. The predicted octanol–water partition coefficient (Wildman–Crippen LogP) is 3.41. The highest BCUT2D eigenvalue weighted by molar-refractivity contribution is 8.26. The Kier molecular flexibility index (Phi) is 5.61. The summed E-state index contributed by atoms with van der Waals surface area (Å²) in [7, 11) is -2.68. The molecular weight excluding hydrogens is 452 g/mol. The molecule has 2 aliphatic heterocycles. The lowest BCUT2D eigenvalue weighted by atomic mass is 10.1. The molecule has 0 spiro atoms. The number of carbonyl (C=O) groups is 1. The minimum absolute atomic E-state index is 0.00301. The summed E-state index contributed by atoms with van der Waals surface area (Å²) in [5, 5.41) is 14.8. The second-order valence-electron chi connectivity index (χ2n) is 6.90. The Morgan fingerprint density at radius 2 is 1.81 bits per heavy atom. The number of carbonyl (C=O) groups excluding carboxylic acids is 1. The Morgan fingerprint density at radius 1 is 1.09 bits per heavy atom. The summed E-state index contributed by atoms with van der Waals surface area (Å²) in [5.74, 6) is -0.498. The number of fused-ring (bicyclic) bond motifs is 1. The van der Waals surface area contributed by atoms with Gasteiger partial charge in [-0.25, -0.2) is 0 Å². The topological polar surface area (TPSA) is 121 Å². The molecule has 0 radical (unpaired) electrons. The van der Waals surface area contributed by atoms with Crippen LogP contribution in [0.1, 0.15) is 18.1 Å². The average molecular weight is 471 g/mol. The van der Waals surface area contributed by atoms with Crippen molar-refractivity contribution in [3.63, 3.8) is 0 Å². The van der Waals surface area contributed by atoms with E-state index in [-0.39, 0.29) is 27.8 Å². The van der Waals surface area contributed by atoms with Gasteiger partial charge in [0.2, 0.25) is 5.17 Å². The third kappa shape index (κ3) is 4.16. The van der Waals surface area contributed by atoms with Crippen LogP contribution in [0.15, 0.2) is 63.0 Å². The zero-order valence-corrected chi connectivity index (χ0v) is 19.0. The lowest BCUT2D eigenvalue weighted by molar-refractivity contribution is -0.114. The quantitative estimate of drug-likeness (QED) is 0.525. The van der Waals surface area contributed by atoms with Gasteiger partial charge in [0, 0.05) is 0 Å². The first-order valence-corrected chi connectivity index (χ1v) is 11.6. The molecule has 0 fully saturated rings. The summed E-state index contributed by atoms with van der Waals surface area (Å²) >= 11 is 1.22. The SMILES string of the molecule is COc1cc(/C=C2\C(=N)N3N=C(C)SC3=NC2=O)ccc1OS(=O)(=O)c1ccc(C)cc1. The van der Waals surface area contributed by atoms with Gasteiger partial charge in [-0.15, -0.1) is 0 Å². The van der Waals surface area contributed by atoms with Gasteiger partial charge in [-0.05, 0) is 61.5 Å². The molecule has 0 saturated heterocycles. The van der Waals surface area contributed by atoms with Crippen LogP contribution in [0.3, 0.4) is 0 Å². The molecule has 2 aromatic carbocycles. The number of nitrogens with zero attached hydrogens (tertiary/aromatic N) is 3. The van der Waals surface area contributed by atoms with Crippen LogP contribution in [0.25, 0.3) is 6.08 Å². The molecule has 4 rings (SSSR count). The third-order valence-electron chi connectivity index (χ3n) is 4.56. The first-order valence-electron chi connectivity index (χ1n) is 9.34. The fourth-order valence-corrected chi connectivity index (χ4v) is 4.64. The van der Waals surface area contributed by atoms with Crippen molar-refractivity contribution in [3.8, 4) is 11.5 Å². The number of amides is 1. The van der Waals surface area contributed by atoms with Gasteiger partial charge in [-0.2, -0.15) is 23.5 Å². The number of methoxy groups -OCH3 is 1.